The van der Waals surface area contributed by atoms with Crippen LogP contribution in [0.5, 0.6) is 0 Å². The van der Waals surface area contributed by atoms with Crippen LogP contribution in [0.25, 0.3) is 0 Å². The van der Waals surface area contributed by atoms with E-state index in [0.717, 1.165) is 5.92 Å². The van der Waals surface area contributed by atoms with Crippen LogP contribution in [0.1, 0.15) is 119 Å². The summed E-state index contributed by atoms with van der Waals surface area (Å²) in [5, 5.41) is 0. The molecule has 5 saturated carbocycles. The van der Waals surface area contributed by atoms with Crippen molar-refractivity contribution in [2.45, 2.75) is 130 Å². The van der Waals surface area contributed by atoms with Crippen molar-refractivity contribution in [2.75, 3.05) is 0 Å². The Morgan fingerprint density at radius 3 is 2.03 bits per heavy atom. The Morgan fingerprint density at radius 1 is 0.971 bits per heavy atom. The largest absolute Gasteiger partial charge is 0.458 e. The minimum Gasteiger partial charge on any atom is -0.458 e. The molecular formula is C30H48O4. The number of hydrogen-bond donors (Lipinski definition) is 0. The van der Waals surface area contributed by atoms with Gasteiger partial charge in [-0.15, -0.1) is 0 Å². The van der Waals surface area contributed by atoms with Crippen molar-refractivity contribution < 1.29 is 19.1 Å². The van der Waals surface area contributed by atoms with Gasteiger partial charge in [-0.3, -0.25) is 4.79 Å². The van der Waals surface area contributed by atoms with Crippen molar-refractivity contribution >= 4 is 11.9 Å². The fraction of sp³-hybridized carbons (Fsp3) is 0.867. The van der Waals surface area contributed by atoms with Gasteiger partial charge in [0.15, 0.2) is 0 Å². The highest BCUT2D eigenvalue weighted by molar-refractivity contribution is 5.87. The monoisotopic (exact) mass is 472 g/mol. The lowest BCUT2D eigenvalue weighted by Gasteiger charge is -2.65. The maximum absolute atomic E-state index is 14.2. The van der Waals surface area contributed by atoms with Gasteiger partial charge >= 0.3 is 11.9 Å². The molecule has 5 aliphatic carbocycles. The first-order valence-corrected chi connectivity index (χ1v) is 14.0. The second kappa shape index (κ2) is 8.96. The van der Waals surface area contributed by atoms with Crippen LogP contribution in [-0.4, -0.2) is 23.1 Å². The molecule has 4 atom stereocenters. The van der Waals surface area contributed by atoms with E-state index >= 15 is 0 Å². The van der Waals surface area contributed by atoms with E-state index in [1.165, 1.54) is 57.8 Å². The van der Waals surface area contributed by atoms with E-state index < -0.39 is 11.0 Å². The summed E-state index contributed by atoms with van der Waals surface area (Å²) in [4.78, 5) is 26.5. The van der Waals surface area contributed by atoms with E-state index in [0.29, 0.717) is 48.0 Å². The molecule has 4 nitrogen and oxygen atoms in total. The summed E-state index contributed by atoms with van der Waals surface area (Å²) in [7, 11) is 0. The standard InChI is InChI=1S/C30H48O4/c1-8-28(6,19-29(7,9-2)33-25(31)20(3)4)26(32)34-30(22-12-10-11-13-22)23-14-21-15-24(30)18-27(5,16-21)17-23/h21-24H,3,8-19H2,1-2,4-7H3. The van der Waals surface area contributed by atoms with E-state index in [2.05, 4.69) is 20.4 Å². The van der Waals surface area contributed by atoms with Gasteiger partial charge in [-0.1, -0.05) is 40.2 Å². The molecule has 192 valence electrons. The summed E-state index contributed by atoms with van der Waals surface area (Å²) < 4.78 is 12.8. The molecular weight excluding hydrogens is 424 g/mol. The van der Waals surface area contributed by atoms with Crippen molar-refractivity contribution in [2.24, 2.45) is 34.5 Å². The van der Waals surface area contributed by atoms with E-state index in [1.54, 1.807) is 6.92 Å². The van der Waals surface area contributed by atoms with Crippen LogP contribution in [0.4, 0.5) is 0 Å². The molecule has 0 spiro atoms. The molecule has 5 fully saturated rings. The summed E-state index contributed by atoms with van der Waals surface area (Å²) in [6, 6.07) is 0. The first-order chi connectivity index (χ1) is 15.9. The van der Waals surface area contributed by atoms with E-state index in [1.807, 2.05) is 20.8 Å². The maximum atomic E-state index is 14.2. The van der Waals surface area contributed by atoms with E-state index in [9.17, 15) is 9.59 Å². The van der Waals surface area contributed by atoms with Crippen molar-refractivity contribution in [1.82, 2.24) is 0 Å². The molecule has 0 aromatic carbocycles. The molecule has 5 aliphatic rings. The Kier molecular flexibility index (Phi) is 6.79. The van der Waals surface area contributed by atoms with Crippen molar-refractivity contribution in [3.8, 4) is 0 Å². The Morgan fingerprint density at radius 2 is 1.56 bits per heavy atom. The normalized spacial score (nSPS) is 38.2. The lowest BCUT2D eigenvalue weighted by Crippen LogP contribution is -2.65. The van der Waals surface area contributed by atoms with Crippen LogP contribution in [0.2, 0.25) is 0 Å². The molecule has 0 heterocycles. The Hall–Kier alpha value is -1.32. The van der Waals surface area contributed by atoms with Crippen LogP contribution < -0.4 is 0 Å². The summed E-state index contributed by atoms with van der Waals surface area (Å²) >= 11 is 0. The molecule has 0 radical (unpaired) electrons. The third-order valence-corrected chi connectivity index (χ3v) is 10.5. The van der Waals surface area contributed by atoms with Gasteiger partial charge in [-0.05, 0) is 95.8 Å². The Balaban J connectivity index is 1.61. The first kappa shape index (κ1) is 25.8. The number of carbonyl (C=O) groups excluding carboxylic acids is 2. The lowest BCUT2D eigenvalue weighted by atomic mass is 9.43. The minimum absolute atomic E-state index is 0.0643. The van der Waals surface area contributed by atoms with Gasteiger partial charge in [-0.2, -0.15) is 0 Å². The Bertz CT molecular complexity index is 808. The van der Waals surface area contributed by atoms with Crippen LogP contribution in [0.3, 0.4) is 0 Å². The number of ether oxygens (including phenoxy) is 2. The predicted molar refractivity (Wildman–Crippen MR) is 135 cm³/mol. The third kappa shape index (κ3) is 4.37. The van der Waals surface area contributed by atoms with Crippen LogP contribution in [-0.2, 0) is 19.1 Å². The summed E-state index contributed by atoms with van der Waals surface area (Å²) in [5.41, 5.74) is -0.862. The maximum Gasteiger partial charge on any atom is 0.333 e. The summed E-state index contributed by atoms with van der Waals surface area (Å²) in [5.74, 6) is 1.90. The first-order valence-electron chi connectivity index (χ1n) is 14.0. The lowest BCUT2D eigenvalue weighted by molar-refractivity contribution is -0.249. The molecule has 4 unspecified atom stereocenters. The molecule has 34 heavy (non-hydrogen) atoms. The molecule has 0 aromatic rings. The van der Waals surface area contributed by atoms with Gasteiger partial charge in [-0.25, -0.2) is 4.79 Å². The highest BCUT2D eigenvalue weighted by Gasteiger charge is 2.66. The van der Waals surface area contributed by atoms with Gasteiger partial charge in [0.25, 0.3) is 0 Å². The third-order valence-electron chi connectivity index (χ3n) is 10.5. The molecule has 0 saturated heterocycles. The number of esters is 2. The Labute approximate surface area is 207 Å². The number of carbonyl (C=O) groups is 2. The minimum atomic E-state index is -0.724. The van der Waals surface area contributed by atoms with Gasteiger partial charge in [0.2, 0.25) is 0 Å². The average molecular weight is 473 g/mol. The fourth-order valence-corrected chi connectivity index (χ4v) is 8.68. The zero-order valence-corrected chi connectivity index (χ0v) is 22.6. The van der Waals surface area contributed by atoms with Gasteiger partial charge in [0, 0.05) is 23.8 Å². The molecule has 0 aliphatic heterocycles. The SMILES string of the molecule is C=C(C)C(=O)OC(C)(CC)CC(C)(CC)C(=O)OC1(C2CCCC2)C2CC3CC1CC(C)(C3)C2. The second-order valence-electron chi connectivity index (χ2n) is 13.4. The molecule has 4 bridgehead atoms. The van der Waals surface area contributed by atoms with Gasteiger partial charge < -0.3 is 9.47 Å². The summed E-state index contributed by atoms with van der Waals surface area (Å²) in [6.07, 6.45) is 13.0. The molecule has 0 amide bonds. The summed E-state index contributed by atoms with van der Waals surface area (Å²) in [6.45, 7) is 16.0. The van der Waals surface area contributed by atoms with Crippen LogP contribution in [0, 0.1) is 34.5 Å². The average Bonchev–Trinajstić information content (AvgIpc) is 3.30. The molecule has 5 rings (SSSR count). The predicted octanol–water partition coefficient (Wildman–Crippen LogP) is 7.40. The number of rotatable bonds is 9. The topological polar surface area (TPSA) is 52.6 Å². The van der Waals surface area contributed by atoms with Crippen LogP contribution in [0.15, 0.2) is 12.2 Å². The van der Waals surface area contributed by atoms with E-state index in [-0.39, 0.29) is 17.5 Å². The molecule has 0 aromatic heterocycles. The van der Waals surface area contributed by atoms with Crippen molar-refractivity contribution in [3.63, 3.8) is 0 Å². The highest BCUT2D eigenvalue weighted by Crippen LogP contribution is 2.67. The molecule has 0 N–H and O–H groups in total. The molecule has 4 heteroatoms. The van der Waals surface area contributed by atoms with Crippen molar-refractivity contribution in [3.05, 3.63) is 12.2 Å². The number of hydrogen-bond acceptors (Lipinski definition) is 4. The van der Waals surface area contributed by atoms with Crippen molar-refractivity contribution in [1.29, 1.82) is 0 Å². The zero-order valence-electron chi connectivity index (χ0n) is 22.6. The highest BCUT2D eigenvalue weighted by atomic mass is 16.6. The zero-order chi connectivity index (χ0) is 24.9. The fourth-order valence-electron chi connectivity index (χ4n) is 8.68. The van der Waals surface area contributed by atoms with Gasteiger partial charge in [0.05, 0.1) is 5.41 Å². The quantitative estimate of drug-likeness (QED) is 0.259. The van der Waals surface area contributed by atoms with Crippen LogP contribution >= 0.6 is 0 Å². The second-order valence-corrected chi connectivity index (χ2v) is 13.4. The van der Waals surface area contributed by atoms with Gasteiger partial charge in [0.1, 0.15) is 11.2 Å². The smallest absolute Gasteiger partial charge is 0.333 e. The van der Waals surface area contributed by atoms with E-state index in [4.69, 9.17) is 9.47 Å².